The molecule has 0 saturated carbocycles. The summed E-state index contributed by atoms with van der Waals surface area (Å²) in [6.45, 7) is 3.61. The summed E-state index contributed by atoms with van der Waals surface area (Å²) >= 11 is -0.0959. The van der Waals surface area contributed by atoms with Gasteiger partial charge in [0.2, 0.25) is 5.91 Å². The lowest BCUT2D eigenvalue weighted by atomic mass is 9.76. The van der Waals surface area contributed by atoms with Crippen LogP contribution in [-0.2, 0) is 4.79 Å². The molecule has 3 nitrogen and oxygen atoms in total. The van der Waals surface area contributed by atoms with Crippen molar-refractivity contribution in [2.24, 2.45) is 5.41 Å². The first-order chi connectivity index (χ1) is 8.90. The third-order valence-corrected chi connectivity index (χ3v) is 4.07. The van der Waals surface area contributed by atoms with Gasteiger partial charge in [-0.15, -0.1) is 0 Å². The topological polar surface area (TPSA) is 41.1 Å². The van der Waals surface area contributed by atoms with Crippen LogP contribution in [0.3, 0.4) is 0 Å². The van der Waals surface area contributed by atoms with Gasteiger partial charge in [-0.05, 0) is 37.6 Å². The SMILES string of the molecule is CCCC1(C(=O)NCCSC(F)(F)F)CCCNC1. The second kappa shape index (κ2) is 7.38. The van der Waals surface area contributed by atoms with Crippen molar-refractivity contribution in [1.82, 2.24) is 10.6 Å². The van der Waals surface area contributed by atoms with Gasteiger partial charge in [0.05, 0.1) is 5.41 Å². The Balaban J connectivity index is 2.40. The maximum Gasteiger partial charge on any atom is 0.441 e. The molecule has 1 heterocycles. The molecule has 1 fully saturated rings. The minimum Gasteiger partial charge on any atom is -0.355 e. The first-order valence-electron chi connectivity index (χ1n) is 6.59. The van der Waals surface area contributed by atoms with Crippen LogP contribution in [0, 0.1) is 5.41 Å². The van der Waals surface area contributed by atoms with Crippen LogP contribution in [0.2, 0.25) is 0 Å². The molecule has 7 heteroatoms. The molecule has 112 valence electrons. The summed E-state index contributed by atoms with van der Waals surface area (Å²) in [5.41, 5.74) is -4.66. The average molecular weight is 298 g/mol. The number of hydrogen-bond acceptors (Lipinski definition) is 3. The Morgan fingerprint density at radius 2 is 2.21 bits per heavy atom. The van der Waals surface area contributed by atoms with E-state index in [1.807, 2.05) is 6.92 Å². The molecule has 2 N–H and O–H groups in total. The van der Waals surface area contributed by atoms with E-state index in [4.69, 9.17) is 0 Å². The Labute approximate surface area is 116 Å². The van der Waals surface area contributed by atoms with E-state index in [0.29, 0.717) is 6.54 Å². The van der Waals surface area contributed by atoms with Crippen LogP contribution in [0.4, 0.5) is 13.2 Å². The molecule has 1 amide bonds. The standard InChI is InChI=1S/C12H21F3N2OS/c1-2-4-11(5-3-6-16-9-11)10(18)17-7-8-19-12(13,14)15/h16H,2-9H2,1H3,(H,17,18). The van der Waals surface area contributed by atoms with E-state index in [0.717, 1.165) is 32.2 Å². The summed E-state index contributed by atoms with van der Waals surface area (Å²) in [7, 11) is 0. The molecule has 1 saturated heterocycles. The number of carbonyl (C=O) groups excluding carboxylic acids is 1. The van der Waals surface area contributed by atoms with Gasteiger partial charge in [0.15, 0.2) is 0 Å². The van der Waals surface area contributed by atoms with Gasteiger partial charge in [0.1, 0.15) is 0 Å². The molecule has 1 aliphatic heterocycles. The fraction of sp³-hybridized carbons (Fsp3) is 0.917. The van der Waals surface area contributed by atoms with Gasteiger partial charge in [-0.3, -0.25) is 4.79 Å². The van der Waals surface area contributed by atoms with Crippen LogP contribution < -0.4 is 10.6 Å². The Morgan fingerprint density at radius 3 is 2.74 bits per heavy atom. The average Bonchev–Trinajstić information content (AvgIpc) is 2.34. The monoisotopic (exact) mass is 298 g/mol. The lowest BCUT2D eigenvalue weighted by molar-refractivity contribution is -0.132. The summed E-state index contributed by atoms with van der Waals surface area (Å²) in [4.78, 5) is 12.2. The number of thioether (sulfide) groups is 1. The summed E-state index contributed by atoms with van der Waals surface area (Å²) in [6, 6.07) is 0. The molecular weight excluding hydrogens is 277 g/mol. The second-order valence-electron chi connectivity index (χ2n) is 4.86. The third-order valence-electron chi connectivity index (χ3n) is 3.34. The van der Waals surface area contributed by atoms with Gasteiger partial charge in [-0.1, -0.05) is 13.3 Å². The van der Waals surface area contributed by atoms with Crippen molar-refractivity contribution in [3.8, 4) is 0 Å². The van der Waals surface area contributed by atoms with Crippen molar-refractivity contribution in [3.05, 3.63) is 0 Å². The van der Waals surface area contributed by atoms with Crippen molar-refractivity contribution in [2.75, 3.05) is 25.4 Å². The fourth-order valence-corrected chi connectivity index (χ4v) is 2.92. The highest BCUT2D eigenvalue weighted by Gasteiger charge is 2.38. The first kappa shape index (κ1) is 16.6. The Hall–Kier alpha value is -0.430. The van der Waals surface area contributed by atoms with E-state index in [2.05, 4.69) is 10.6 Å². The zero-order valence-electron chi connectivity index (χ0n) is 11.1. The molecule has 0 aliphatic carbocycles. The highest BCUT2D eigenvalue weighted by atomic mass is 32.2. The lowest BCUT2D eigenvalue weighted by Gasteiger charge is -2.36. The first-order valence-corrected chi connectivity index (χ1v) is 7.58. The van der Waals surface area contributed by atoms with Crippen molar-refractivity contribution < 1.29 is 18.0 Å². The summed E-state index contributed by atoms with van der Waals surface area (Å²) in [5.74, 6) is -0.241. The number of halogens is 3. The van der Waals surface area contributed by atoms with E-state index >= 15 is 0 Å². The molecule has 0 bridgehead atoms. The van der Waals surface area contributed by atoms with Crippen LogP contribution in [-0.4, -0.2) is 36.8 Å². The van der Waals surface area contributed by atoms with Crippen molar-refractivity contribution in [3.63, 3.8) is 0 Å². The maximum atomic E-state index is 12.2. The van der Waals surface area contributed by atoms with Crippen LogP contribution in [0.15, 0.2) is 0 Å². The molecule has 0 aromatic heterocycles. The smallest absolute Gasteiger partial charge is 0.355 e. The zero-order valence-corrected chi connectivity index (χ0v) is 11.9. The van der Waals surface area contributed by atoms with Gasteiger partial charge in [0, 0.05) is 18.8 Å². The Morgan fingerprint density at radius 1 is 1.47 bits per heavy atom. The lowest BCUT2D eigenvalue weighted by Crippen LogP contribution is -2.50. The van der Waals surface area contributed by atoms with Crippen LogP contribution in [0.1, 0.15) is 32.6 Å². The van der Waals surface area contributed by atoms with Crippen molar-refractivity contribution >= 4 is 17.7 Å². The third kappa shape index (κ3) is 5.60. The molecule has 0 aromatic rings. The number of carbonyl (C=O) groups is 1. The predicted molar refractivity (Wildman–Crippen MR) is 71.0 cm³/mol. The van der Waals surface area contributed by atoms with Gasteiger partial charge in [-0.2, -0.15) is 13.2 Å². The number of hydrogen-bond donors (Lipinski definition) is 2. The zero-order chi connectivity index (χ0) is 14.4. The quantitative estimate of drug-likeness (QED) is 0.740. The van der Waals surface area contributed by atoms with Crippen LogP contribution >= 0.6 is 11.8 Å². The molecule has 1 atom stereocenters. The summed E-state index contributed by atoms with van der Waals surface area (Å²) in [5, 5.41) is 5.86. The van der Waals surface area contributed by atoms with Crippen molar-refractivity contribution in [2.45, 2.75) is 38.1 Å². The number of nitrogens with one attached hydrogen (secondary N) is 2. The number of amides is 1. The van der Waals surface area contributed by atoms with E-state index in [1.54, 1.807) is 0 Å². The van der Waals surface area contributed by atoms with E-state index in [-0.39, 0.29) is 30.0 Å². The largest absolute Gasteiger partial charge is 0.441 e. The Kier molecular flexibility index (Phi) is 6.46. The molecule has 1 rings (SSSR count). The van der Waals surface area contributed by atoms with Crippen molar-refractivity contribution in [1.29, 1.82) is 0 Å². The number of rotatable bonds is 6. The van der Waals surface area contributed by atoms with Gasteiger partial charge < -0.3 is 10.6 Å². The number of piperidine rings is 1. The molecule has 1 aliphatic rings. The molecule has 1 unspecified atom stereocenters. The normalized spacial score (nSPS) is 24.2. The maximum absolute atomic E-state index is 12.2. The van der Waals surface area contributed by atoms with E-state index in [1.165, 1.54) is 0 Å². The second-order valence-corrected chi connectivity index (χ2v) is 6.02. The van der Waals surface area contributed by atoms with Crippen LogP contribution in [0.25, 0.3) is 0 Å². The molecular formula is C12H21F3N2OS. The highest BCUT2D eigenvalue weighted by Crippen LogP contribution is 2.32. The fourth-order valence-electron chi connectivity index (χ4n) is 2.49. The minimum absolute atomic E-state index is 0.0640. The number of alkyl halides is 3. The summed E-state index contributed by atoms with van der Waals surface area (Å²) < 4.78 is 35.9. The Bertz CT molecular complexity index is 286. The molecule has 0 spiro atoms. The molecule has 19 heavy (non-hydrogen) atoms. The minimum atomic E-state index is -4.22. The summed E-state index contributed by atoms with van der Waals surface area (Å²) in [6.07, 6.45) is 3.42. The van der Waals surface area contributed by atoms with E-state index in [9.17, 15) is 18.0 Å². The predicted octanol–water partition coefficient (Wildman–Crippen LogP) is 2.53. The van der Waals surface area contributed by atoms with Gasteiger partial charge in [0.25, 0.3) is 0 Å². The van der Waals surface area contributed by atoms with Gasteiger partial charge >= 0.3 is 5.51 Å². The molecule has 0 radical (unpaired) electrons. The van der Waals surface area contributed by atoms with Gasteiger partial charge in [-0.25, -0.2) is 0 Å². The van der Waals surface area contributed by atoms with Crippen LogP contribution in [0.5, 0.6) is 0 Å². The molecule has 0 aromatic carbocycles. The highest BCUT2D eigenvalue weighted by molar-refractivity contribution is 8.00. The van der Waals surface area contributed by atoms with E-state index < -0.39 is 10.9 Å².